The first-order valence-corrected chi connectivity index (χ1v) is 9.91. The van der Waals surface area contributed by atoms with Gasteiger partial charge in [0.1, 0.15) is 17.6 Å². The van der Waals surface area contributed by atoms with E-state index < -0.39 is 12.0 Å². The number of phenolic OH excluding ortho intramolecular Hbond substituents is 1. The van der Waals surface area contributed by atoms with Crippen molar-refractivity contribution in [2.75, 3.05) is 0 Å². The average Bonchev–Trinajstić information content (AvgIpc) is 3.17. The molecule has 5 nitrogen and oxygen atoms in total. The number of aromatic hydroxyl groups is 1. The molecule has 1 aromatic heterocycles. The summed E-state index contributed by atoms with van der Waals surface area (Å²) in [5.74, 6) is 0.0698. The van der Waals surface area contributed by atoms with Crippen molar-refractivity contribution in [1.82, 2.24) is 10.2 Å². The Labute approximate surface area is 174 Å². The number of hydrogen-bond donors (Lipinski definition) is 2. The first-order chi connectivity index (χ1) is 13.6. The number of carbonyl (C=O) groups excluding carboxylic acids is 1. The highest BCUT2D eigenvalue weighted by atomic mass is 127. The molecule has 3 aromatic carbocycles. The fourth-order valence-electron chi connectivity index (χ4n) is 3.81. The summed E-state index contributed by atoms with van der Waals surface area (Å²) in [7, 11) is 0. The maximum absolute atomic E-state index is 13.7. The number of benzene rings is 3. The quantitative estimate of drug-likeness (QED) is 0.396. The number of Topliss-reactive ketones (excluding diaryl/α,β-unsaturated/α-hetero) is 1. The molecule has 0 radical (unpaired) electrons. The summed E-state index contributed by atoms with van der Waals surface area (Å²) >= 11 is 2.25. The highest BCUT2D eigenvalue weighted by Crippen LogP contribution is 2.46. The van der Waals surface area contributed by atoms with Gasteiger partial charge in [0.2, 0.25) is 0 Å². The third-order valence-electron chi connectivity index (χ3n) is 5.10. The Balaban J connectivity index is 1.72. The van der Waals surface area contributed by atoms with Gasteiger partial charge in [-0.15, -0.1) is 0 Å². The zero-order valence-electron chi connectivity index (χ0n) is 14.6. The second kappa shape index (κ2) is 6.63. The minimum atomic E-state index is -0.569. The number of ketones is 1. The molecule has 0 spiro atoms. The Morgan fingerprint density at radius 3 is 2.64 bits per heavy atom. The fraction of sp³-hybridized carbons (Fsp3) is 0.0909. The standard InChI is InChI=1S/C22H15IN2O3/c23-14-6-4-12(5-7-14)22-19(13-2-1-3-15(26)10-13)21(27)20-16-11-24-25-17(16)8-9-18(20)28-22/h1-11,19,22,26H,(H,24,25). The molecule has 0 saturated heterocycles. The van der Waals surface area contributed by atoms with Crippen LogP contribution in [0.5, 0.6) is 11.5 Å². The normalized spacial score (nSPS) is 18.7. The number of nitrogens with zero attached hydrogens (tertiary/aromatic N) is 1. The molecule has 0 bridgehead atoms. The maximum Gasteiger partial charge on any atom is 0.178 e. The Hall–Kier alpha value is -2.87. The van der Waals surface area contributed by atoms with Gasteiger partial charge in [-0.3, -0.25) is 9.89 Å². The van der Waals surface area contributed by atoms with Crippen LogP contribution in [0, 0.1) is 3.57 Å². The van der Waals surface area contributed by atoms with Crippen LogP contribution in [0.1, 0.15) is 33.5 Å². The summed E-state index contributed by atoms with van der Waals surface area (Å²) < 4.78 is 7.48. The third-order valence-corrected chi connectivity index (χ3v) is 5.82. The van der Waals surface area contributed by atoms with Crippen molar-refractivity contribution in [3.05, 3.63) is 87.1 Å². The number of H-pyrrole nitrogens is 1. The number of fused-ring (bicyclic) bond motifs is 3. The molecule has 138 valence electrons. The Morgan fingerprint density at radius 1 is 1.04 bits per heavy atom. The van der Waals surface area contributed by atoms with Crippen LogP contribution in [0.2, 0.25) is 0 Å². The van der Waals surface area contributed by atoms with Gasteiger partial charge in [-0.05, 0) is 70.1 Å². The van der Waals surface area contributed by atoms with Crippen LogP contribution in [0.25, 0.3) is 10.9 Å². The van der Waals surface area contributed by atoms with E-state index in [1.54, 1.807) is 24.4 Å². The topological polar surface area (TPSA) is 75.2 Å². The van der Waals surface area contributed by atoms with Gasteiger partial charge in [-0.1, -0.05) is 24.3 Å². The highest BCUT2D eigenvalue weighted by molar-refractivity contribution is 14.1. The molecule has 0 saturated carbocycles. The van der Waals surface area contributed by atoms with Gasteiger partial charge in [0.05, 0.1) is 23.2 Å². The molecule has 2 N–H and O–H groups in total. The van der Waals surface area contributed by atoms with E-state index in [1.807, 2.05) is 42.5 Å². The second-order valence-electron chi connectivity index (χ2n) is 6.80. The molecular weight excluding hydrogens is 467 g/mol. The number of hydrogen-bond acceptors (Lipinski definition) is 4. The van der Waals surface area contributed by atoms with E-state index >= 15 is 0 Å². The molecule has 28 heavy (non-hydrogen) atoms. The lowest BCUT2D eigenvalue weighted by atomic mass is 9.80. The molecule has 2 unspecified atom stereocenters. The minimum Gasteiger partial charge on any atom is -0.508 e. The van der Waals surface area contributed by atoms with Crippen LogP contribution in [0.15, 0.2) is 66.9 Å². The Kier molecular flexibility index (Phi) is 4.08. The van der Waals surface area contributed by atoms with Gasteiger partial charge in [0, 0.05) is 8.96 Å². The Bertz CT molecular complexity index is 1200. The first-order valence-electron chi connectivity index (χ1n) is 8.83. The van der Waals surface area contributed by atoms with Crippen molar-refractivity contribution in [3.63, 3.8) is 0 Å². The summed E-state index contributed by atoms with van der Waals surface area (Å²) in [5.41, 5.74) is 2.96. The number of phenols is 1. The first kappa shape index (κ1) is 17.2. The molecular formula is C22H15IN2O3. The van der Waals surface area contributed by atoms with Crippen molar-refractivity contribution < 1.29 is 14.6 Å². The molecule has 1 aliphatic rings. The van der Waals surface area contributed by atoms with Gasteiger partial charge in [0.25, 0.3) is 0 Å². The van der Waals surface area contributed by atoms with Crippen LogP contribution in [0.3, 0.4) is 0 Å². The van der Waals surface area contributed by atoms with Gasteiger partial charge in [-0.25, -0.2) is 0 Å². The van der Waals surface area contributed by atoms with E-state index in [4.69, 9.17) is 4.74 Å². The van der Waals surface area contributed by atoms with E-state index in [2.05, 4.69) is 32.8 Å². The van der Waals surface area contributed by atoms with Gasteiger partial charge in [0.15, 0.2) is 5.78 Å². The molecule has 0 aliphatic carbocycles. The lowest BCUT2D eigenvalue weighted by Crippen LogP contribution is -2.30. The average molecular weight is 482 g/mol. The van der Waals surface area contributed by atoms with Crippen LogP contribution in [0.4, 0.5) is 0 Å². The lowest BCUT2D eigenvalue weighted by molar-refractivity contribution is 0.0785. The summed E-state index contributed by atoms with van der Waals surface area (Å²) in [6.45, 7) is 0. The molecule has 6 heteroatoms. The van der Waals surface area contributed by atoms with Crippen molar-refractivity contribution in [1.29, 1.82) is 0 Å². The fourth-order valence-corrected chi connectivity index (χ4v) is 4.16. The number of nitrogens with one attached hydrogen (secondary N) is 1. The molecule has 4 aromatic rings. The summed E-state index contributed by atoms with van der Waals surface area (Å²) in [6.07, 6.45) is 1.17. The molecule has 0 amide bonds. The van der Waals surface area contributed by atoms with Crippen molar-refractivity contribution in [2.24, 2.45) is 0 Å². The number of carbonyl (C=O) groups is 1. The number of aromatic nitrogens is 2. The van der Waals surface area contributed by atoms with Crippen molar-refractivity contribution >= 4 is 39.3 Å². The number of ether oxygens (including phenoxy) is 1. The second-order valence-corrected chi connectivity index (χ2v) is 8.04. The van der Waals surface area contributed by atoms with E-state index in [9.17, 15) is 9.90 Å². The maximum atomic E-state index is 13.7. The lowest BCUT2D eigenvalue weighted by Gasteiger charge is -2.33. The van der Waals surface area contributed by atoms with Gasteiger partial charge < -0.3 is 9.84 Å². The minimum absolute atomic E-state index is 0.0394. The smallest absolute Gasteiger partial charge is 0.178 e. The van der Waals surface area contributed by atoms with Crippen molar-refractivity contribution in [2.45, 2.75) is 12.0 Å². The zero-order valence-corrected chi connectivity index (χ0v) is 16.8. The monoisotopic (exact) mass is 482 g/mol. The van der Waals surface area contributed by atoms with E-state index in [0.29, 0.717) is 11.3 Å². The summed E-state index contributed by atoms with van der Waals surface area (Å²) in [5, 5.41) is 17.7. The van der Waals surface area contributed by atoms with Crippen LogP contribution in [-0.2, 0) is 0 Å². The third kappa shape index (κ3) is 2.75. The van der Waals surface area contributed by atoms with Crippen LogP contribution < -0.4 is 4.74 Å². The molecule has 2 heterocycles. The predicted molar refractivity (Wildman–Crippen MR) is 114 cm³/mol. The van der Waals surface area contributed by atoms with Crippen molar-refractivity contribution in [3.8, 4) is 11.5 Å². The predicted octanol–water partition coefficient (Wildman–Crippen LogP) is 4.97. The Morgan fingerprint density at radius 2 is 1.86 bits per heavy atom. The van der Waals surface area contributed by atoms with E-state index in [0.717, 1.165) is 25.6 Å². The van der Waals surface area contributed by atoms with Crippen LogP contribution >= 0.6 is 22.6 Å². The van der Waals surface area contributed by atoms with Gasteiger partial charge in [-0.2, -0.15) is 5.10 Å². The molecule has 0 fully saturated rings. The molecule has 5 rings (SSSR count). The number of aromatic amines is 1. The SMILES string of the molecule is O=C1c2c(ccc3[nH]ncc23)OC(c2ccc(I)cc2)C1c1cccc(O)c1. The van der Waals surface area contributed by atoms with E-state index in [-0.39, 0.29) is 11.5 Å². The molecule has 2 atom stereocenters. The van der Waals surface area contributed by atoms with Gasteiger partial charge >= 0.3 is 0 Å². The van der Waals surface area contributed by atoms with Crippen LogP contribution in [-0.4, -0.2) is 21.1 Å². The molecule has 1 aliphatic heterocycles. The zero-order chi connectivity index (χ0) is 19.3. The highest BCUT2D eigenvalue weighted by Gasteiger charge is 2.40. The number of rotatable bonds is 2. The van der Waals surface area contributed by atoms with E-state index in [1.165, 1.54) is 0 Å². The summed E-state index contributed by atoms with van der Waals surface area (Å²) in [4.78, 5) is 13.7. The number of halogens is 1. The largest absolute Gasteiger partial charge is 0.508 e. The summed E-state index contributed by atoms with van der Waals surface area (Å²) in [6, 6.07) is 18.5.